The molecule has 0 spiro atoms. The predicted octanol–water partition coefficient (Wildman–Crippen LogP) is 4.33. The number of aromatic nitrogens is 3. The molecule has 5 nitrogen and oxygen atoms in total. The van der Waals surface area contributed by atoms with Crippen LogP contribution in [0.3, 0.4) is 0 Å². The molecule has 0 unspecified atom stereocenters. The van der Waals surface area contributed by atoms with Gasteiger partial charge >= 0.3 is 0 Å². The average molecular weight is 363 g/mol. The number of anilines is 1. The van der Waals surface area contributed by atoms with Crippen LogP contribution in [0, 0.1) is 6.92 Å². The van der Waals surface area contributed by atoms with E-state index in [0.29, 0.717) is 10.8 Å². The van der Waals surface area contributed by atoms with Gasteiger partial charge in [-0.1, -0.05) is 60.4 Å². The summed E-state index contributed by atoms with van der Waals surface area (Å²) in [6, 6.07) is 9.80. The van der Waals surface area contributed by atoms with Gasteiger partial charge in [0, 0.05) is 0 Å². The predicted molar refractivity (Wildman–Crippen MR) is 96.5 cm³/mol. The molecule has 118 valence electrons. The first kappa shape index (κ1) is 16.1. The number of nitrogens with one attached hydrogen (secondary N) is 1. The highest BCUT2D eigenvalue weighted by atomic mass is 32.2. The van der Waals surface area contributed by atoms with Crippen LogP contribution in [0.1, 0.15) is 22.4 Å². The van der Waals surface area contributed by atoms with E-state index in [0.717, 1.165) is 25.5 Å². The molecule has 8 heteroatoms. The Kier molecular flexibility index (Phi) is 5.04. The molecule has 2 aromatic heterocycles. The molecule has 0 aliphatic rings. The van der Waals surface area contributed by atoms with Gasteiger partial charge in [-0.25, -0.2) is 4.98 Å². The van der Waals surface area contributed by atoms with Crippen LogP contribution in [-0.2, 0) is 0 Å². The number of amides is 1. The molecule has 0 fully saturated rings. The summed E-state index contributed by atoms with van der Waals surface area (Å²) in [6.45, 7) is 3.95. The third kappa shape index (κ3) is 3.77. The number of carbonyl (C=O) groups is 1. The van der Waals surface area contributed by atoms with Gasteiger partial charge in [0.2, 0.25) is 5.13 Å². The summed E-state index contributed by atoms with van der Waals surface area (Å²) < 4.78 is 0.848. The summed E-state index contributed by atoms with van der Waals surface area (Å²) >= 11 is 4.49. The van der Waals surface area contributed by atoms with Crippen molar-refractivity contribution >= 4 is 45.5 Å². The van der Waals surface area contributed by atoms with Gasteiger partial charge in [0.15, 0.2) is 4.34 Å². The van der Waals surface area contributed by atoms with E-state index in [-0.39, 0.29) is 5.91 Å². The molecule has 0 saturated heterocycles. The van der Waals surface area contributed by atoms with E-state index in [1.165, 1.54) is 22.7 Å². The van der Waals surface area contributed by atoms with Crippen LogP contribution in [-0.4, -0.2) is 26.8 Å². The fourth-order valence-electron chi connectivity index (χ4n) is 1.96. The van der Waals surface area contributed by atoms with E-state index in [4.69, 9.17) is 0 Å². The summed E-state index contributed by atoms with van der Waals surface area (Å²) in [4.78, 5) is 17.8. The van der Waals surface area contributed by atoms with Gasteiger partial charge in [-0.05, 0) is 18.2 Å². The zero-order valence-electron chi connectivity index (χ0n) is 12.6. The lowest BCUT2D eigenvalue weighted by molar-refractivity contribution is 0.102. The van der Waals surface area contributed by atoms with Crippen molar-refractivity contribution in [1.82, 2.24) is 15.2 Å². The van der Waals surface area contributed by atoms with Crippen molar-refractivity contribution in [2.75, 3.05) is 11.1 Å². The van der Waals surface area contributed by atoms with E-state index in [1.807, 2.05) is 37.3 Å². The second kappa shape index (κ2) is 7.20. The number of hydrogen-bond acceptors (Lipinski definition) is 7. The zero-order valence-corrected chi connectivity index (χ0v) is 15.0. The monoisotopic (exact) mass is 362 g/mol. The first-order valence-electron chi connectivity index (χ1n) is 6.98. The van der Waals surface area contributed by atoms with Gasteiger partial charge < -0.3 is 0 Å². The number of benzene rings is 1. The number of thioether (sulfide) groups is 1. The minimum Gasteiger partial charge on any atom is -0.295 e. The molecule has 0 saturated carbocycles. The molecule has 2 heterocycles. The van der Waals surface area contributed by atoms with Crippen LogP contribution in [0.4, 0.5) is 5.13 Å². The number of nitrogens with zero attached hydrogens (tertiary/aromatic N) is 3. The average Bonchev–Trinajstić information content (AvgIpc) is 3.15. The Labute approximate surface area is 146 Å². The van der Waals surface area contributed by atoms with E-state index in [2.05, 4.69) is 27.4 Å². The maximum absolute atomic E-state index is 12.6. The Bertz CT molecular complexity index is 813. The highest BCUT2D eigenvalue weighted by Crippen LogP contribution is 2.31. The minimum absolute atomic E-state index is 0.252. The van der Waals surface area contributed by atoms with E-state index < -0.39 is 0 Å². The van der Waals surface area contributed by atoms with Crippen molar-refractivity contribution in [3.63, 3.8) is 0 Å². The maximum Gasteiger partial charge on any atom is 0.277 e. The largest absolute Gasteiger partial charge is 0.295 e. The molecule has 0 bridgehead atoms. The molecular weight excluding hydrogens is 348 g/mol. The Morgan fingerprint density at radius 2 is 2.00 bits per heavy atom. The minimum atomic E-state index is -0.252. The molecule has 1 N–H and O–H groups in total. The first-order valence-corrected chi connectivity index (χ1v) is 9.59. The van der Waals surface area contributed by atoms with Crippen LogP contribution < -0.4 is 5.32 Å². The van der Waals surface area contributed by atoms with Gasteiger partial charge in [0.05, 0.1) is 9.88 Å². The summed E-state index contributed by atoms with van der Waals surface area (Å²) in [5.74, 6) is 0.670. The maximum atomic E-state index is 12.6. The van der Waals surface area contributed by atoms with Gasteiger partial charge in [-0.3, -0.25) is 10.1 Å². The lowest BCUT2D eigenvalue weighted by atomic mass is 10.1. The Hall–Kier alpha value is -1.77. The molecule has 0 aliphatic heterocycles. The third-order valence-electron chi connectivity index (χ3n) is 2.88. The highest BCUT2D eigenvalue weighted by Gasteiger charge is 2.19. The molecule has 1 aromatic carbocycles. The van der Waals surface area contributed by atoms with Crippen LogP contribution in [0.2, 0.25) is 0 Å². The van der Waals surface area contributed by atoms with Crippen molar-refractivity contribution in [2.45, 2.75) is 18.2 Å². The van der Waals surface area contributed by atoms with E-state index in [1.54, 1.807) is 11.8 Å². The number of hydrogen-bond donors (Lipinski definition) is 1. The zero-order chi connectivity index (χ0) is 16.2. The van der Waals surface area contributed by atoms with Crippen molar-refractivity contribution < 1.29 is 4.79 Å². The third-order valence-corrected chi connectivity index (χ3v) is 5.75. The smallest absolute Gasteiger partial charge is 0.277 e. The number of rotatable bonds is 5. The lowest BCUT2D eigenvalue weighted by Gasteiger charge is -2.02. The Balaban J connectivity index is 1.85. The Morgan fingerprint density at radius 1 is 1.22 bits per heavy atom. The fraction of sp³-hybridized carbons (Fsp3) is 0.200. The normalized spacial score (nSPS) is 10.7. The van der Waals surface area contributed by atoms with E-state index >= 15 is 0 Å². The van der Waals surface area contributed by atoms with Gasteiger partial charge in [-0.15, -0.1) is 21.5 Å². The molecule has 1 amide bonds. The second-order valence-electron chi connectivity index (χ2n) is 4.54. The quantitative estimate of drug-likeness (QED) is 0.540. The number of carbonyl (C=O) groups excluding carboxylic acids is 1. The number of aryl methyl sites for hydroxylation is 1. The molecule has 3 rings (SSSR count). The molecule has 0 atom stereocenters. The fourth-order valence-corrected chi connectivity index (χ4v) is 4.53. The molecule has 3 aromatic rings. The van der Waals surface area contributed by atoms with Crippen LogP contribution in [0.5, 0.6) is 0 Å². The van der Waals surface area contributed by atoms with Crippen LogP contribution >= 0.6 is 34.4 Å². The first-order chi connectivity index (χ1) is 11.2. The van der Waals surface area contributed by atoms with Crippen molar-refractivity contribution in [3.05, 3.63) is 41.0 Å². The van der Waals surface area contributed by atoms with Gasteiger partial charge in [0.1, 0.15) is 5.69 Å². The summed E-state index contributed by atoms with van der Waals surface area (Å²) in [5, 5.41) is 12.2. The van der Waals surface area contributed by atoms with Crippen molar-refractivity contribution in [1.29, 1.82) is 0 Å². The van der Waals surface area contributed by atoms with Crippen LogP contribution in [0.15, 0.2) is 34.7 Å². The second-order valence-corrected chi connectivity index (χ2v) is 8.23. The topological polar surface area (TPSA) is 67.8 Å². The van der Waals surface area contributed by atoms with Crippen LogP contribution in [0.25, 0.3) is 10.4 Å². The lowest BCUT2D eigenvalue weighted by Crippen LogP contribution is -2.13. The van der Waals surface area contributed by atoms with E-state index in [9.17, 15) is 4.79 Å². The summed E-state index contributed by atoms with van der Waals surface area (Å²) in [6.07, 6.45) is 0. The summed E-state index contributed by atoms with van der Waals surface area (Å²) in [5.41, 5.74) is 1.42. The van der Waals surface area contributed by atoms with Crippen molar-refractivity contribution in [2.24, 2.45) is 0 Å². The molecular formula is C15H14N4OS3. The standard InChI is InChI=1S/C15H14N4OS3/c1-3-21-15-19-18-14(23-15)17-13(20)11-12(22-9(2)16-11)10-7-5-4-6-8-10/h4-8H,3H2,1-2H3,(H,17,18,20). The molecule has 23 heavy (non-hydrogen) atoms. The molecule has 0 radical (unpaired) electrons. The summed E-state index contributed by atoms with van der Waals surface area (Å²) in [7, 11) is 0. The molecule has 0 aliphatic carbocycles. The highest BCUT2D eigenvalue weighted by molar-refractivity contribution is 8.01. The van der Waals surface area contributed by atoms with Gasteiger partial charge in [0.25, 0.3) is 5.91 Å². The SMILES string of the molecule is CCSc1nnc(NC(=O)c2nc(C)sc2-c2ccccc2)s1. The Morgan fingerprint density at radius 3 is 2.74 bits per heavy atom. The van der Waals surface area contributed by atoms with Gasteiger partial charge in [-0.2, -0.15) is 0 Å². The number of thiazole rings is 1. The van der Waals surface area contributed by atoms with Crippen molar-refractivity contribution in [3.8, 4) is 10.4 Å².